The molecule has 0 radical (unpaired) electrons. The molecule has 2 aromatic carbocycles. The average Bonchev–Trinajstić information content (AvgIpc) is 3.16. The van der Waals surface area contributed by atoms with Crippen molar-refractivity contribution in [3.8, 4) is 16.3 Å². The minimum absolute atomic E-state index is 0. The molecule has 2 N–H and O–H groups in total. The summed E-state index contributed by atoms with van der Waals surface area (Å²) in [6, 6.07) is 17.9. The van der Waals surface area contributed by atoms with Gasteiger partial charge in [-0.2, -0.15) is 0 Å². The van der Waals surface area contributed by atoms with Crippen molar-refractivity contribution in [1.82, 2.24) is 10.2 Å². The number of anilines is 2. The van der Waals surface area contributed by atoms with Crippen LogP contribution in [0.5, 0.6) is 5.75 Å². The molecular weight excluding hydrogens is 380 g/mol. The number of halogens is 1. The second kappa shape index (κ2) is 11.4. The zero-order chi connectivity index (χ0) is 18.0. The topological polar surface area (TPSA) is 59.1 Å². The summed E-state index contributed by atoms with van der Waals surface area (Å²) in [5, 5.41) is 10.1. The first kappa shape index (κ1) is 21.0. The van der Waals surface area contributed by atoms with Gasteiger partial charge in [-0.25, -0.2) is 0 Å². The molecular formula is C20H25ClN4OS. The maximum Gasteiger partial charge on any atom is 0.224 e. The molecule has 144 valence electrons. The van der Waals surface area contributed by atoms with Crippen LogP contribution in [-0.4, -0.2) is 16.8 Å². The number of benzene rings is 2. The SMILES string of the molecule is CCCCCCOc1ccccc1-c1nnc(NNc2ccccc2)s1.Cl. The Morgan fingerprint density at radius 1 is 0.889 bits per heavy atom. The molecule has 0 aliphatic carbocycles. The molecule has 7 heteroatoms. The van der Waals surface area contributed by atoms with Crippen molar-refractivity contribution in [2.75, 3.05) is 17.5 Å². The number of hydrogen-bond donors (Lipinski definition) is 2. The van der Waals surface area contributed by atoms with E-state index in [4.69, 9.17) is 4.74 Å². The fourth-order valence-electron chi connectivity index (χ4n) is 2.51. The minimum Gasteiger partial charge on any atom is -0.493 e. The summed E-state index contributed by atoms with van der Waals surface area (Å²) >= 11 is 1.49. The Bertz CT molecular complexity index is 797. The maximum atomic E-state index is 5.98. The third kappa shape index (κ3) is 6.41. The van der Waals surface area contributed by atoms with Crippen LogP contribution in [0.2, 0.25) is 0 Å². The molecule has 0 bridgehead atoms. The highest BCUT2D eigenvalue weighted by atomic mass is 35.5. The van der Waals surface area contributed by atoms with Gasteiger partial charge in [-0.15, -0.1) is 22.6 Å². The summed E-state index contributed by atoms with van der Waals surface area (Å²) in [4.78, 5) is 0. The lowest BCUT2D eigenvalue weighted by Crippen LogP contribution is -2.07. The zero-order valence-corrected chi connectivity index (χ0v) is 17.0. The average molecular weight is 405 g/mol. The van der Waals surface area contributed by atoms with Crippen LogP contribution < -0.4 is 15.6 Å². The van der Waals surface area contributed by atoms with Crippen LogP contribution in [-0.2, 0) is 0 Å². The highest BCUT2D eigenvalue weighted by Gasteiger charge is 2.11. The number of rotatable bonds is 10. The summed E-state index contributed by atoms with van der Waals surface area (Å²) in [6.45, 7) is 2.94. The van der Waals surface area contributed by atoms with E-state index >= 15 is 0 Å². The molecule has 3 aromatic rings. The maximum absolute atomic E-state index is 5.98. The first-order valence-corrected chi connectivity index (χ1v) is 9.81. The zero-order valence-electron chi connectivity index (χ0n) is 15.4. The van der Waals surface area contributed by atoms with Crippen molar-refractivity contribution in [1.29, 1.82) is 0 Å². The molecule has 0 amide bonds. The first-order chi connectivity index (χ1) is 12.9. The van der Waals surface area contributed by atoms with Gasteiger partial charge < -0.3 is 4.74 Å². The van der Waals surface area contributed by atoms with Crippen LogP contribution >= 0.6 is 23.7 Å². The normalized spacial score (nSPS) is 10.1. The fraction of sp³-hybridized carbons (Fsp3) is 0.300. The van der Waals surface area contributed by atoms with Crippen LogP contribution in [0.1, 0.15) is 32.6 Å². The Balaban J connectivity index is 0.00000261. The molecule has 0 fully saturated rings. The van der Waals surface area contributed by atoms with E-state index in [2.05, 4.69) is 28.0 Å². The Morgan fingerprint density at radius 3 is 2.48 bits per heavy atom. The van der Waals surface area contributed by atoms with Gasteiger partial charge in [0.05, 0.1) is 17.9 Å². The third-order valence-electron chi connectivity index (χ3n) is 3.89. The molecule has 0 saturated carbocycles. The molecule has 0 saturated heterocycles. The van der Waals surface area contributed by atoms with Crippen molar-refractivity contribution >= 4 is 34.6 Å². The number of aromatic nitrogens is 2. The Kier molecular flexibility index (Phi) is 8.87. The molecule has 0 aliphatic heterocycles. The smallest absolute Gasteiger partial charge is 0.224 e. The molecule has 3 rings (SSSR count). The van der Waals surface area contributed by atoms with Crippen LogP contribution in [0.25, 0.3) is 10.6 Å². The van der Waals surface area contributed by atoms with E-state index in [1.165, 1.54) is 30.6 Å². The number of unbranched alkanes of at least 4 members (excludes halogenated alkanes) is 3. The van der Waals surface area contributed by atoms with Crippen LogP contribution in [0, 0.1) is 0 Å². The van der Waals surface area contributed by atoms with E-state index < -0.39 is 0 Å². The molecule has 1 aromatic heterocycles. The van der Waals surface area contributed by atoms with Crippen molar-refractivity contribution in [2.45, 2.75) is 32.6 Å². The Morgan fingerprint density at radius 2 is 1.67 bits per heavy atom. The van der Waals surface area contributed by atoms with Gasteiger partial charge in [0, 0.05) is 0 Å². The summed E-state index contributed by atoms with van der Waals surface area (Å²) < 4.78 is 5.98. The van der Waals surface area contributed by atoms with Gasteiger partial charge in [0.25, 0.3) is 0 Å². The second-order valence-corrected chi connectivity index (χ2v) is 6.91. The summed E-state index contributed by atoms with van der Waals surface area (Å²) in [5.41, 5.74) is 8.16. The lowest BCUT2D eigenvalue weighted by molar-refractivity contribution is 0.306. The van der Waals surface area contributed by atoms with E-state index in [1.54, 1.807) is 0 Å². The fourth-order valence-corrected chi connectivity index (χ4v) is 3.24. The van der Waals surface area contributed by atoms with Gasteiger partial charge >= 0.3 is 0 Å². The van der Waals surface area contributed by atoms with Gasteiger partial charge in [0.2, 0.25) is 5.13 Å². The predicted octanol–water partition coefficient (Wildman–Crippen LogP) is 6.03. The second-order valence-electron chi connectivity index (χ2n) is 5.93. The highest BCUT2D eigenvalue weighted by molar-refractivity contribution is 7.18. The molecule has 0 atom stereocenters. The molecule has 27 heavy (non-hydrogen) atoms. The van der Waals surface area contributed by atoms with Gasteiger partial charge in [0.15, 0.2) is 5.01 Å². The van der Waals surface area contributed by atoms with Crippen LogP contribution in [0.3, 0.4) is 0 Å². The van der Waals surface area contributed by atoms with E-state index in [9.17, 15) is 0 Å². The van der Waals surface area contributed by atoms with Gasteiger partial charge in [-0.3, -0.25) is 10.9 Å². The lowest BCUT2D eigenvalue weighted by Gasteiger charge is -2.09. The van der Waals surface area contributed by atoms with E-state index in [1.807, 2.05) is 54.6 Å². The molecule has 1 heterocycles. The van der Waals surface area contributed by atoms with Gasteiger partial charge in [0.1, 0.15) is 5.75 Å². The van der Waals surface area contributed by atoms with E-state index in [0.29, 0.717) is 5.13 Å². The predicted molar refractivity (Wildman–Crippen MR) is 116 cm³/mol. The van der Waals surface area contributed by atoms with Crippen molar-refractivity contribution < 1.29 is 4.74 Å². The number of nitrogens with zero attached hydrogens (tertiary/aromatic N) is 2. The highest BCUT2D eigenvalue weighted by Crippen LogP contribution is 2.33. The number of para-hydroxylation sites is 2. The Labute approximate surface area is 170 Å². The standard InChI is InChI=1S/C20H24N4OS.ClH/c1-2-3-4-10-15-25-18-14-9-8-13-17(18)19-22-24-20(26-19)23-21-16-11-6-5-7-12-16;/h5-9,11-14,21H,2-4,10,15H2,1H3,(H,23,24);1H. The van der Waals surface area contributed by atoms with Crippen molar-refractivity contribution in [3.05, 3.63) is 54.6 Å². The number of nitrogens with one attached hydrogen (secondary N) is 2. The van der Waals surface area contributed by atoms with Crippen LogP contribution in [0.4, 0.5) is 10.8 Å². The van der Waals surface area contributed by atoms with Gasteiger partial charge in [-0.05, 0) is 30.7 Å². The quantitative estimate of drug-likeness (QED) is 0.319. The molecule has 0 aliphatic rings. The largest absolute Gasteiger partial charge is 0.493 e. The number of hydrogen-bond acceptors (Lipinski definition) is 6. The van der Waals surface area contributed by atoms with E-state index in [-0.39, 0.29) is 12.4 Å². The van der Waals surface area contributed by atoms with Crippen molar-refractivity contribution in [2.24, 2.45) is 0 Å². The summed E-state index contributed by atoms with van der Waals surface area (Å²) in [5.74, 6) is 0.864. The van der Waals surface area contributed by atoms with Gasteiger partial charge in [-0.1, -0.05) is 67.9 Å². The first-order valence-electron chi connectivity index (χ1n) is 8.99. The van der Waals surface area contributed by atoms with E-state index in [0.717, 1.165) is 35.0 Å². The lowest BCUT2D eigenvalue weighted by atomic mass is 10.2. The summed E-state index contributed by atoms with van der Waals surface area (Å²) in [7, 11) is 0. The Hall–Kier alpha value is -2.31. The number of hydrazine groups is 1. The molecule has 0 spiro atoms. The van der Waals surface area contributed by atoms with Crippen molar-refractivity contribution in [3.63, 3.8) is 0 Å². The van der Waals surface area contributed by atoms with Crippen LogP contribution in [0.15, 0.2) is 54.6 Å². The number of ether oxygens (including phenoxy) is 1. The monoisotopic (exact) mass is 404 g/mol. The molecule has 0 unspecified atom stereocenters. The summed E-state index contributed by atoms with van der Waals surface area (Å²) in [6.07, 6.45) is 4.77. The molecule has 5 nitrogen and oxygen atoms in total. The minimum atomic E-state index is 0. The third-order valence-corrected chi connectivity index (χ3v) is 4.76.